The van der Waals surface area contributed by atoms with E-state index in [1.165, 1.54) is 16.9 Å². The lowest BCUT2D eigenvalue weighted by Crippen LogP contribution is -2.53. The van der Waals surface area contributed by atoms with Crippen molar-refractivity contribution in [1.82, 2.24) is 29.8 Å². The van der Waals surface area contributed by atoms with Gasteiger partial charge in [0, 0.05) is 5.56 Å². The Kier molecular flexibility index (Phi) is 7.15. The van der Waals surface area contributed by atoms with Crippen LogP contribution in [0.5, 0.6) is 0 Å². The van der Waals surface area contributed by atoms with Crippen LogP contribution in [0.3, 0.4) is 0 Å². The van der Waals surface area contributed by atoms with E-state index in [0.717, 1.165) is 16.8 Å². The zero-order valence-electron chi connectivity index (χ0n) is 19.4. The predicted octanol–water partition coefficient (Wildman–Crippen LogP) is 2.95. The van der Waals surface area contributed by atoms with Gasteiger partial charge in [-0.25, -0.2) is 27.5 Å². The van der Waals surface area contributed by atoms with Gasteiger partial charge in [-0.15, -0.1) is 5.10 Å². The van der Waals surface area contributed by atoms with E-state index in [4.69, 9.17) is 27.9 Å². The van der Waals surface area contributed by atoms with Crippen molar-refractivity contribution < 1.29 is 33.2 Å². The molecule has 3 N–H and O–H groups in total. The first-order valence-electron chi connectivity index (χ1n) is 11.2. The van der Waals surface area contributed by atoms with Crippen molar-refractivity contribution in [3.05, 3.63) is 75.7 Å². The SMILES string of the molecule is Cc1nc([C@@H]2O[C@H](CO)[C@H](O)[C@H](n3cc(-c4cc(F)c(F)c(F)c4)nn3)[C@H]2O)n(-c2ccc(Cl)c(Cl)c2)n1. The van der Waals surface area contributed by atoms with Gasteiger partial charge in [0.1, 0.15) is 42.0 Å². The van der Waals surface area contributed by atoms with Gasteiger partial charge >= 0.3 is 0 Å². The molecule has 1 fully saturated rings. The molecule has 3 heterocycles. The Morgan fingerprint density at radius 2 is 1.74 bits per heavy atom. The lowest BCUT2D eigenvalue weighted by molar-refractivity contribution is -0.210. The molecule has 0 unspecified atom stereocenters. The summed E-state index contributed by atoms with van der Waals surface area (Å²) >= 11 is 12.2. The van der Waals surface area contributed by atoms with Crippen molar-refractivity contribution in [2.75, 3.05) is 6.61 Å². The molecule has 2 aromatic heterocycles. The number of nitrogens with zero attached hydrogens (tertiary/aromatic N) is 6. The Hall–Kier alpha value is -3.07. The summed E-state index contributed by atoms with van der Waals surface area (Å²) in [7, 11) is 0. The summed E-state index contributed by atoms with van der Waals surface area (Å²) in [5.74, 6) is -4.01. The fourth-order valence-corrected chi connectivity index (χ4v) is 4.60. The lowest BCUT2D eigenvalue weighted by Gasteiger charge is -2.41. The van der Waals surface area contributed by atoms with Crippen LogP contribution >= 0.6 is 23.2 Å². The van der Waals surface area contributed by atoms with Gasteiger partial charge in [0.05, 0.1) is 28.5 Å². The summed E-state index contributed by atoms with van der Waals surface area (Å²) in [5.41, 5.74) is 0.284. The standard InChI is InChI=1S/C23H19Cl2F3N6O4/c1-9-29-23(34(31-9)11-2-3-12(24)13(25)6-11)22-21(37)19(20(36)17(8-35)38-22)33-7-16(30-32-33)10-4-14(26)18(28)15(27)5-10/h2-7,17,19-22,35-37H,8H2,1H3/t17-,19+,20+,21-,22-/m1/s1. The Morgan fingerprint density at radius 1 is 1.03 bits per heavy atom. The maximum atomic E-state index is 13.7. The van der Waals surface area contributed by atoms with Gasteiger partial charge in [-0.05, 0) is 37.3 Å². The number of hydrogen-bond donors (Lipinski definition) is 3. The molecule has 0 amide bonds. The van der Waals surface area contributed by atoms with Crippen LogP contribution < -0.4 is 0 Å². The summed E-state index contributed by atoms with van der Waals surface area (Å²) in [5, 5.41) is 44.8. The van der Waals surface area contributed by atoms with Crippen molar-refractivity contribution >= 4 is 23.2 Å². The van der Waals surface area contributed by atoms with Crippen LogP contribution in [0.1, 0.15) is 23.8 Å². The molecule has 38 heavy (non-hydrogen) atoms. The molecule has 1 aliphatic rings. The lowest BCUT2D eigenvalue weighted by atomic mass is 9.92. The highest BCUT2D eigenvalue weighted by Gasteiger charge is 2.48. The predicted molar refractivity (Wildman–Crippen MR) is 127 cm³/mol. The van der Waals surface area contributed by atoms with E-state index in [2.05, 4.69) is 20.4 Å². The molecule has 200 valence electrons. The molecular weight excluding hydrogens is 552 g/mol. The average molecular weight is 571 g/mol. The fourth-order valence-electron chi connectivity index (χ4n) is 4.31. The highest BCUT2D eigenvalue weighted by Crippen LogP contribution is 2.39. The second-order valence-electron chi connectivity index (χ2n) is 8.61. The number of rotatable bonds is 5. The highest BCUT2D eigenvalue weighted by atomic mass is 35.5. The van der Waals surface area contributed by atoms with Crippen LogP contribution in [-0.2, 0) is 4.74 Å². The molecule has 0 bridgehead atoms. The topological polar surface area (TPSA) is 131 Å². The minimum absolute atomic E-state index is 0.0550. The van der Waals surface area contributed by atoms with Crippen LogP contribution in [0.2, 0.25) is 10.0 Å². The molecule has 2 aromatic carbocycles. The first kappa shape index (κ1) is 26.5. The molecule has 4 aromatic rings. The van der Waals surface area contributed by atoms with Crippen LogP contribution in [0.4, 0.5) is 13.2 Å². The first-order valence-corrected chi connectivity index (χ1v) is 11.9. The van der Waals surface area contributed by atoms with E-state index in [-0.39, 0.29) is 22.1 Å². The van der Waals surface area contributed by atoms with Gasteiger partial charge in [0.2, 0.25) is 0 Å². The minimum atomic E-state index is -1.63. The molecule has 0 spiro atoms. The van der Waals surface area contributed by atoms with Crippen LogP contribution in [-0.4, -0.2) is 70.0 Å². The molecule has 0 radical (unpaired) electrons. The largest absolute Gasteiger partial charge is 0.394 e. The molecule has 5 rings (SSSR count). The van der Waals surface area contributed by atoms with E-state index in [1.807, 2.05) is 0 Å². The minimum Gasteiger partial charge on any atom is -0.394 e. The van der Waals surface area contributed by atoms with E-state index < -0.39 is 54.5 Å². The normalized spacial score (nSPS) is 23.7. The molecule has 1 aliphatic heterocycles. The maximum Gasteiger partial charge on any atom is 0.194 e. The molecule has 10 nitrogen and oxygen atoms in total. The zero-order chi connectivity index (χ0) is 27.3. The van der Waals surface area contributed by atoms with Gasteiger partial charge in [0.15, 0.2) is 23.3 Å². The van der Waals surface area contributed by atoms with Crippen molar-refractivity contribution in [3.63, 3.8) is 0 Å². The monoisotopic (exact) mass is 570 g/mol. The number of aliphatic hydroxyl groups is 3. The quantitative estimate of drug-likeness (QED) is 0.312. The van der Waals surface area contributed by atoms with E-state index in [0.29, 0.717) is 16.5 Å². The summed E-state index contributed by atoms with van der Waals surface area (Å²) < 4.78 is 49.2. The number of halogens is 5. The third-order valence-electron chi connectivity index (χ3n) is 6.13. The zero-order valence-corrected chi connectivity index (χ0v) is 20.9. The van der Waals surface area contributed by atoms with Crippen molar-refractivity contribution in [3.8, 4) is 16.9 Å². The Morgan fingerprint density at radius 3 is 2.39 bits per heavy atom. The van der Waals surface area contributed by atoms with Gasteiger partial charge in [0.25, 0.3) is 0 Å². The van der Waals surface area contributed by atoms with Gasteiger partial charge in [-0.2, -0.15) is 5.10 Å². The number of hydrogen-bond acceptors (Lipinski definition) is 8. The molecule has 5 atom stereocenters. The number of aryl methyl sites for hydroxylation is 1. The smallest absolute Gasteiger partial charge is 0.194 e. The van der Waals surface area contributed by atoms with Crippen molar-refractivity contribution in [2.24, 2.45) is 0 Å². The van der Waals surface area contributed by atoms with Crippen LogP contribution in [0.15, 0.2) is 36.5 Å². The summed E-state index contributed by atoms with van der Waals surface area (Å²) in [6, 6.07) is 4.95. The van der Waals surface area contributed by atoms with E-state index >= 15 is 0 Å². The molecule has 1 saturated heterocycles. The third-order valence-corrected chi connectivity index (χ3v) is 6.87. The second-order valence-corrected chi connectivity index (χ2v) is 9.43. The number of benzene rings is 2. The van der Waals surface area contributed by atoms with Crippen molar-refractivity contribution in [1.29, 1.82) is 0 Å². The summed E-state index contributed by atoms with van der Waals surface area (Å²) in [6.07, 6.45) is -4.21. The number of aromatic nitrogens is 6. The number of aliphatic hydroxyl groups excluding tert-OH is 3. The van der Waals surface area contributed by atoms with E-state index in [9.17, 15) is 28.5 Å². The van der Waals surface area contributed by atoms with E-state index in [1.54, 1.807) is 19.1 Å². The van der Waals surface area contributed by atoms with Gasteiger partial charge < -0.3 is 20.1 Å². The van der Waals surface area contributed by atoms with Crippen molar-refractivity contribution in [2.45, 2.75) is 37.4 Å². The second kappa shape index (κ2) is 10.2. The Balaban J connectivity index is 1.54. The summed E-state index contributed by atoms with van der Waals surface area (Å²) in [6.45, 7) is 0.990. The molecule has 0 saturated carbocycles. The average Bonchev–Trinajstić information content (AvgIpc) is 3.51. The molecule has 15 heteroatoms. The first-order chi connectivity index (χ1) is 18.1. The fraction of sp³-hybridized carbons (Fsp3) is 0.304. The van der Waals surface area contributed by atoms with Gasteiger partial charge in [-0.3, -0.25) is 0 Å². The summed E-state index contributed by atoms with van der Waals surface area (Å²) in [4.78, 5) is 4.38. The van der Waals surface area contributed by atoms with Gasteiger partial charge in [-0.1, -0.05) is 28.4 Å². The maximum absolute atomic E-state index is 13.7. The molecule has 0 aliphatic carbocycles. The number of ether oxygens (including phenoxy) is 1. The Labute approximate surface area is 222 Å². The third kappa shape index (κ3) is 4.65. The van der Waals surface area contributed by atoms with Crippen LogP contribution in [0.25, 0.3) is 16.9 Å². The Bertz CT molecular complexity index is 1480. The van der Waals surface area contributed by atoms with Crippen LogP contribution in [0, 0.1) is 24.4 Å². The highest BCUT2D eigenvalue weighted by molar-refractivity contribution is 6.42. The molecular formula is C23H19Cl2F3N6O4.